The summed E-state index contributed by atoms with van der Waals surface area (Å²) in [5, 5.41) is 3.79. The maximum absolute atomic E-state index is 12.9. The molecule has 0 aliphatic rings. The molecule has 3 aromatic rings. The third-order valence-electron chi connectivity index (χ3n) is 4.07. The predicted molar refractivity (Wildman–Crippen MR) is 96.5 cm³/mol. The Balaban J connectivity index is 2.10. The highest BCUT2D eigenvalue weighted by Crippen LogP contribution is 2.28. The summed E-state index contributed by atoms with van der Waals surface area (Å²) in [5.41, 5.74) is 0.516. The number of hydrogen-bond donors (Lipinski definition) is 1. The number of carbonyl (C=O) groups is 1. The molecule has 1 N–H and O–H groups in total. The SMILES string of the molecule is CCc1nc2c(sc3ncccc32)c(=O)n1CC(=O)N[C@@H](C)CC. The van der Waals surface area contributed by atoms with E-state index in [1.54, 1.807) is 6.20 Å². The maximum Gasteiger partial charge on any atom is 0.272 e. The number of nitrogens with one attached hydrogen (secondary N) is 1. The van der Waals surface area contributed by atoms with Crippen LogP contribution >= 0.6 is 11.3 Å². The lowest BCUT2D eigenvalue weighted by Crippen LogP contribution is -2.38. The molecule has 0 bridgehead atoms. The van der Waals surface area contributed by atoms with Gasteiger partial charge in [0.1, 0.15) is 21.9 Å². The average Bonchev–Trinajstić information content (AvgIpc) is 2.96. The molecule has 7 heteroatoms. The fourth-order valence-corrected chi connectivity index (χ4v) is 3.64. The fourth-order valence-electron chi connectivity index (χ4n) is 2.60. The first-order valence-electron chi connectivity index (χ1n) is 8.11. The number of aromatic nitrogens is 3. The zero-order valence-electron chi connectivity index (χ0n) is 14.0. The molecule has 0 aliphatic carbocycles. The molecule has 0 unspecified atom stereocenters. The molecule has 0 saturated heterocycles. The lowest BCUT2D eigenvalue weighted by molar-refractivity contribution is -0.122. The molecule has 3 heterocycles. The molecule has 3 aromatic heterocycles. The van der Waals surface area contributed by atoms with Gasteiger partial charge in [0.25, 0.3) is 5.56 Å². The summed E-state index contributed by atoms with van der Waals surface area (Å²) < 4.78 is 2.03. The van der Waals surface area contributed by atoms with Gasteiger partial charge in [-0.25, -0.2) is 9.97 Å². The van der Waals surface area contributed by atoms with Crippen LogP contribution in [0.1, 0.15) is 33.0 Å². The molecule has 6 nitrogen and oxygen atoms in total. The van der Waals surface area contributed by atoms with Gasteiger partial charge < -0.3 is 5.32 Å². The number of aryl methyl sites for hydroxylation is 1. The zero-order chi connectivity index (χ0) is 17.3. The zero-order valence-corrected chi connectivity index (χ0v) is 14.8. The molecule has 0 fully saturated rings. The maximum atomic E-state index is 12.9. The predicted octanol–water partition coefficient (Wildman–Crippen LogP) is 2.48. The monoisotopic (exact) mass is 344 g/mol. The first-order valence-corrected chi connectivity index (χ1v) is 8.93. The van der Waals surface area contributed by atoms with Crippen molar-refractivity contribution >= 4 is 37.7 Å². The van der Waals surface area contributed by atoms with Crippen LogP contribution in [0.5, 0.6) is 0 Å². The van der Waals surface area contributed by atoms with E-state index in [2.05, 4.69) is 15.3 Å². The van der Waals surface area contributed by atoms with E-state index in [1.165, 1.54) is 15.9 Å². The van der Waals surface area contributed by atoms with Gasteiger partial charge in [0.2, 0.25) is 5.91 Å². The first-order chi connectivity index (χ1) is 11.5. The van der Waals surface area contributed by atoms with Gasteiger partial charge in [0, 0.05) is 24.0 Å². The van der Waals surface area contributed by atoms with Crippen molar-refractivity contribution in [1.29, 1.82) is 0 Å². The second kappa shape index (κ2) is 6.68. The summed E-state index contributed by atoms with van der Waals surface area (Å²) in [4.78, 5) is 34.8. The average molecular weight is 344 g/mol. The molecule has 0 saturated carbocycles. The summed E-state index contributed by atoms with van der Waals surface area (Å²) >= 11 is 1.33. The Morgan fingerprint density at radius 1 is 1.42 bits per heavy atom. The summed E-state index contributed by atoms with van der Waals surface area (Å²) in [6.45, 7) is 5.88. The minimum Gasteiger partial charge on any atom is -0.352 e. The number of thiophene rings is 1. The van der Waals surface area contributed by atoms with Crippen molar-refractivity contribution in [2.45, 2.75) is 46.2 Å². The summed E-state index contributed by atoms with van der Waals surface area (Å²) in [6, 6.07) is 3.85. The van der Waals surface area contributed by atoms with Gasteiger partial charge in [-0.15, -0.1) is 11.3 Å². The Labute approximate surface area is 143 Å². The second-order valence-corrected chi connectivity index (χ2v) is 6.78. The third-order valence-corrected chi connectivity index (χ3v) is 5.16. The molecule has 3 rings (SSSR count). The second-order valence-electron chi connectivity index (χ2n) is 5.79. The molecule has 0 aromatic carbocycles. The summed E-state index contributed by atoms with van der Waals surface area (Å²) in [7, 11) is 0. The van der Waals surface area contributed by atoms with Gasteiger partial charge in [-0.2, -0.15) is 0 Å². The normalized spacial score (nSPS) is 12.6. The van der Waals surface area contributed by atoms with Gasteiger partial charge in [-0.05, 0) is 25.5 Å². The van der Waals surface area contributed by atoms with E-state index >= 15 is 0 Å². The number of nitrogens with zero attached hydrogens (tertiary/aromatic N) is 3. The Morgan fingerprint density at radius 3 is 2.92 bits per heavy atom. The Hall–Kier alpha value is -2.28. The molecule has 0 aliphatic heterocycles. The van der Waals surface area contributed by atoms with Crippen molar-refractivity contribution in [3.05, 3.63) is 34.5 Å². The van der Waals surface area contributed by atoms with Gasteiger partial charge in [0.15, 0.2) is 0 Å². The topological polar surface area (TPSA) is 76.9 Å². The Bertz CT molecular complexity index is 960. The van der Waals surface area contributed by atoms with E-state index in [0.717, 1.165) is 16.6 Å². The molecule has 126 valence electrons. The summed E-state index contributed by atoms with van der Waals surface area (Å²) in [6.07, 6.45) is 3.14. The van der Waals surface area contributed by atoms with Crippen LogP contribution in [0.2, 0.25) is 0 Å². The standard InChI is InChI=1S/C17H20N4O2S/c1-4-10(3)19-13(22)9-21-12(5-2)20-14-11-7-6-8-18-16(11)24-15(14)17(21)23/h6-8,10H,4-5,9H2,1-3H3,(H,19,22)/t10-/m0/s1. The lowest BCUT2D eigenvalue weighted by atomic mass is 10.2. The van der Waals surface area contributed by atoms with Crippen LogP contribution in [0.4, 0.5) is 0 Å². The van der Waals surface area contributed by atoms with E-state index in [9.17, 15) is 9.59 Å². The van der Waals surface area contributed by atoms with Crippen LogP contribution in [-0.4, -0.2) is 26.5 Å². The summed E-state index contributed by atoms with van der Waals surface area (Å²) in [5.74, 6) is 0.455. The molecular formula is C17H20N4O2S. The molecule has 1 atom stereocenters. The fraction of sp³-hybridized carbons (Fsp3) is 0.412. The minimum absolute atomic E-state index is 0.00302. The van der Waals surface area contributed by atoms with Gasteiger partial charge in [-0.1, -0.05) is 13.8 Å². The molecule has 0 spiro atoms. The third kappa shape index (κ3) is 2.91. The molecule has 1 amide bonds. The highest BCUT2D eigenvalue weighted by atomic mass is 32.1. The van der Waals surface area contributed by atoms with E-state index in [4.69, 9.17) is 0 Å². The van der Waals surface area contributed by atoms with Crippen LogP contribution in [0, 0.1) is 0 Å². The van der Waals surface area contributed by atoms with Gasteiger partial charge in [0.05, 0.1) is 5.52 Å². The van der Waals surface area contributed by atoms with E-state index in [-0.39, 0.29) is 24.1 Å². The van der Waals surface area contributed by atoms with Crippen molar-refractivity contribution in [1.82, 2.24) is 19.9 Å². The van der Waals surface area contributed by atoms with Gasteiger partial charge >= 0.3 is 0 Å². The molecular weight excluding hydrogens is 324 g/mol. The highest BCUT2D eigenvalue weighted by molar-refractivity contribution is 7.25. The largest absolute Gasteiger partial charge is 0.352 e. The minimum atomic E-state index is -0.167. The number of carbonyl (C=O) groups excluding carboxylic acids is 1. The van der Waals surface area contributed by atoms with Crippen LogP contribution < -0.4 is 10.9 Å². The number of fused-ring (bicyclic) bond motifs is 3. The number of rotatable bonds is 5. The number of amides is 1. The van der Waals surface area contributed by atoms with E-state index in [1.807, 2.05) is 32.9 Å². The van der Waals surface area contributed by atoms with Crippen molar-refractivity contribution in [3.8, 4) is 0 Å². The van der Waals surface area contributed by atoms with E-state index < -0.39 is 0 Å². The number of hydrogen-bond acceptors (Lipinski definition) is 5. The van der Waals surface area contributed by atoms with Crippen molar-refractivity contribution in [2.75, 3.05) is 0 Å². The van der Waals surface area contributed by atoms with Crippen LogP contribution in [0.25, 0.3) is 20.4 Å². The van der Waals surface area contributed by atoms with Crippen molar-refractivity contribution in [2.24, 2.45) is 0 Å². The quantitative estimate of drug-likeness (QED) is 0.771. The first kappa shape index (κ1) is 16.6. The molecule has 24 heavy (non-hydrogen) atoms. The van der Waals surface area contributed by atoms with Crippen LogP contribution in [-0.2, 0) is 17.8 Å². The van der Waals surface area contributed by atoms with Crippen LogP contribution in [0.3, 0.4) is 0 Å². The van der Waals surface area contributed by atoms with Crippen molar-refractivity contribution in [3.63, 3.8) is 0 Å². The van der Waals surface area contributed by atoms with Crippen LogP contribution in [0.15, 0.2) is 23.1 Å². The molecule has 0 radical (unpaired) electrons. The Kier molecular flexibility index (Phi) is 4.62. The van der Waals surface area contributed by atoms with Crippen molar-refractivity contribution < 1.29 is 4.79 Å². The number of pyridine rings is 1. The smallest absolute Gasteiger partial charge is 0.272 e. The lowest BCUT2D eigenvalue weighted by Gasteiger charge is -2.14. The van der Waals surface area contributed by atoms with Gasteiger partial charge in [-0.3, -0.25) is 14.2 Å². The van der Waals surface area contributed by atoms with E-state index in [0.29, 0.717) is 22.5 Å². The Morgan fingerprint density at radius 2 is 2.21 bits per heavy atom. The highest BCUT2D eigenvalue weighted by Gasteiger charge is 2.17.